The summed E-state index contributed by atoms with van der Waals surface area (Å²) >= 11 is 0. The van der Waals surface area contributed by atoms with Crippen LogP contribution in [-0.2, 0) is 6.42 Å². The zero-order chi connectivity index (χ0) is 11.5. The number of ether oxygens (including phenoxy) is 1. The fourth-order valence-electron chi connectivity index (χ4n) is 2.16. The van der Waals surface area contributed by atoms with E-state index in [1.54, 1.807) is 0 Å². The second-order valence-corrected chi connectivity index (χ2v) is 4.52. The average molecular weight is 222 g/mol. The number of aliphatic hydroxyl groups is 2. The molecule has 1 heterocycles. The molecular formula is C13H18O3. The van der Waals surface area contributed by atoms with Crippen molar-refractivity contribution in [2.45, 2.75) is 25.9 Å². The highest BCUT2D eigenvalue weighted by Crippen LogP contribution is 2.31. The Labute approximate surface area is 95.7 Å². The maximum absolute atomic E-state index is 9.03. The Balaban J connectivity index is 2.00. The SMILES string of the molecule is Cc1ccc2c(c1)CC(CC(CO)CO)O2. The van der Waals surface area contributed by atoms with Gasteiger partial charge in [0.05, 0.1) is 0 Å². The summed E-state index contributed by atoms with van der Waals surface area (Å²) in [5.41, 5.74) is 2.48. The number of hydrogen-bond acceptors (Lipinski definition) is 3. The maximum atomic E-state index is 9.03. The molecule has 3 heteroatoms. The lowest BCUT2D eigenvalue weighted by Gasteiger charge is -2.16. The van der Waals surface area contributed by atoms with E-state index < -0.39 is 0 Å². The van der Waals surface area contributed by atoms with Crippen molar-refractivity contribution >= 4 is 0 Å². The molecule has 1 aliphatic heterocycles. The van der Waals surface area contributed by atoms with Crippen molar-refractivity contribution in [1.82, 2.24) is 0 Å². The molecule has 3 nitrogen and oxygen atoms in total. The first kappa shape index (κ1) is 11.4. The van der Waals surface area contributed by atoms with Crippen LogP contribution in [0.4, 0.5) is 0 Å². The van der Waals surface area contributed by atoms with Crippen molar-refractivity contribution in [2.24, 2.45) is 5.92 Å². The summed E-state index contributed by atoms with van der Waals surface area (Å²) in [7, 11) is 0. The summed E-state index contributed by atoms with van der Waals surface area (Å²) in [4.78, 5) is 0. The zero-order valence-corrected chi connectivity index (χ0v) is 9.52. The zero-order valence-electron chi connectivity index (χ0n) is 9.52. The van der Waals surface area contributed by atoms with Gasteiger partial charge in [0.25, 0.3) is 0 Å². The molecule has 88 valence electrons. The van der Waals surface area contributed by atoms with Crippen molar-refractivity contribution in [2.75, 3.05) is 13.2 Å². The molecule has 1 aromatic rings. The molecule has 0 aromatic heterocycles. The Kier molecular flexibility index (Phi) is 3.46. The van der Waals surface area contributed by atoms with Gasteiger partial charge in [0.1, 0.15) is 11.9 Å². The highest BCUT2D eigenvalue weighted by atomic mass is 16.5. The number of fused-ring (bicyclic) bond motifs is 1. The van der Waals surface area contributed by atoms with Crippen LogP contribution in [0.1, 0.15) is 17.5 Å². The summed E-state index contributed by atoms with van der Waals surface area (Å²) in [6.45, 7) is 2.11. The molecular weight excluding hydrogens is 204 g/mol. The normalized spacial score (nSPS) is 18.6. The predicted octanol–water partition coefficient (Wildman–Crippen LogP) is 1.29. The van der Waals surface area contributed by atoms with Crippen LogP contribution in [0.3, 0.4) is 0 Å². The van der Waals surface area contributed by atoms with Crippen LogP contribution in [0, 0.1) is 12.8 Å². The van der Waals surface area contributed by atoms with E-state index in [1.807, 2.05) is 12.1 Å². The van der Waals surface area contributed by atoms with Gasteiger partial charge in [-0.2, -0.15) is 0 Å². The van der Waals surface area contributed by atoms with Gasteiger partial charge >= 0.3 is 0 Å². The van der Waals surface area contributed by atoms with E-state index in [4.69, 9.17) is 14.9 Å². The smallest absolute Gasteiger partial charge is 0.123 e. The van der Waals surface area contributed by atoms with Gasteiger partial charge in [-0.1, -0.05) is 17.7 Å². The predicted molar refractivity (Wildman–Crippen MR) is 61.6 cm³/mol. The molecule has 16 heavy (non-hydrogen) atoms. The van der Waals surface area contributed by atoms with Crippen LogP contribution >= 0.6 is 0 Å². The topological polar surface area (TPSA) is 49.7 Å². The quantitative estimate of drug-likeness (QED) is 0.807. The molecule has 1 atom stereocenters. The van der Waals surface area contributed by atoms with Gasteiger partial charge in [-0.3, -0.25) is 0 Å². The Morgan fingerprint density at radius 2 is 2.12 bits per heavy atom. The highest BCUT2D eigenvalue weighted by molar-refractivity contribution is 5.40. The number of benzene rings is 1. The Morgan fingerprint density at radius 1 is 1.38 bits per heavy atom. The molecule has 1 aliphatic rings. The van der Waals surface area contributed by atoms with Crippen molar-refractivity contribution in [1.29, 1.82) is 0 Å². The lowest BCUT2D eigenvalue weighted by molar-refractivity contribution is 0.104. The van der Waals surface area contributed by atoms with Crippen LogP contribution in [-0.4, -0.2) is 29.5 Å². The van der Waals surface area contributed by atoms with Gasteiger partial charge < -0.3 is 14.9 Å². The molecule has 1 aromatic carbocycles. The molecule has 0 aliphatic carbocycles. The van der Waals surface area contributed by atoms with Gasteiger partial charge in [0.15, 0.2) is 0 Å². The van der Waals surface area contributed by atoms with Crippen LogP contribution in [0.15, 0.2) is 18.2 Å². The average Bonchev–Trinajstić information content (AvgIpc) is 2.67. The molecule has 0 radical (unpaired) electrons. The van der Waals surface area contributed by atoms with Gasteiger partial charge in [0.2, 0.25) is 0 Å². The highest BCUT2D eigenvalue weighted by Gasteiger charge is 2.25. The molecule has 1 unspecified atom stereocenters. The third kappa shape index (κ3) is 2.36. The minimum absolute atomic E-state index is 0.0196. The van der Waals surface area contributed by atoms with E-state index >= 15 is 0 Å². The van der Waals surface area contributed by atoms with E-state index in [2.05, 4.69) is 13.0 Å². The Hall–Kier alpha value is -1.06. The van der Waals surface area contributed by atoms with E-state index in [-0.39, 0.29) is 25.2 Å². The molecule has 0 bridgehead atoms. The van der Waals surface area contributed by atoms with E-state index in [0.29, 0.717) is 6.42 Å². The molecule has 2 rings (SSSR count). The number of aliphatic hydroxyl groups excluding tert-OH is 2. The van der Waals surface area contributed by atoms with Crippen LogP contribution in [0.2, 0.25) is 0 Å². The Bertz CT molecular complexity index is 358. The van der Waals surface area contributed by atoms with Crippen molar-refractivity contribution in [3.63, 3.8) is 0 Å². The maximum Gasteiger partial charge on any atom is 0.123 e. The van der Waals surface area contributed by atoms with E-state index in [0.717, 1.165) is 12.2 Å². The van der Waals surface area contributed by atoms with Crippen molar-refractivity contribution in [3.8, 4) is 5.75 Å². The molecule has 0 fully saturated rings. The van der Waals surface area contributed by atoms with Crippen LogP contribution in [0.25, 0.3) is 0 Å². The molecule has 0 amide bonds. The fourth-order valence-corrected chi connectivity index (χ4v) is 2.16. The van der Waals surface area contributed by atoms with Gasteiger partial charge in [-0.15, -0.1) is 0 Å². The van der Waals surface area contributed by atoms with Gasteiger partial charge in [0, 0.05) is 25.6 Å². The van der Waals surface area contributed by atoms with Gasteiger partial charge in [-0.25, -0.2) is 0 Å². The molecule has 0 spiro atoms. The second kappa shape index (κ2) is 4.85. The number of aryl methyl sites for hydroxylation is 1. The van der Waals surface area contributed by atoms with E-state index in [1.165, 1.54) is 11.1 Å². The fraction of sp³-hybridized carbons (Fsp3) is 0.538. The minimum Gasteiger partial charge on any atom is -0.490 e. The molecule has 2 N–H and O–H groups in total. The molecule has 0 saturated carbocycles. The first-order valence-electron chi connectivity index (χ1n) is 5.71. The van der Waals surface area contributed by atoms with Crippen LogP contribution < -0.4 is 4.74 Å². The third-order valence-corrected chi connectivity index (χ3v) is 3.07. The summed E-state index contributed by atoms with van der Waals surface area (Å²) in [5, 5.41) is 18.1. The lowest BCUT2D eigenvalue weighted by atomic mass is 9.99. The second-order valence-electron chi connectivity index (χ2n) is 4.52. The molecule has 0 saturated heterocycles. The number of hydrogen-bond donors (Lipinski definition) is 2. The van der Waals surface area contributed by atoms with Gasteiger partial charge in [-0.05, 0) is 25.0 Å². The summed E-state index contributed by atoms with van der Waals surface area (Å²) in [6.07, 6.45) is 1.69. The van der Waals surface area contributed by atoms with Crippen LogP contribution in [0.5, 0.6) is 5.75 Å². The number of rotatable bonds is 4. The van der Waals surface area contributed by atoms with E-state index in [9.17, 15) is 0 Å². The van der Waals surface area contributed by atoms with Crippen molar-refractivity contribution < 1.29 is 14.9 Å². The first-order chi connectivity index (χ1) is 7.72. The Morgan fingerprint density at radius 3 is 2.81 bits per heavy atom. The lowest BCUT2D eigenvalue weighted by Crippen LogP contribution is -2.22. The third-order valence-electron chi connectivity index (χ3n) is 3.07. The minimum atomic E-state index is -0.0691. The van der Waals surface area contributed by atoms with Crippen molar-refractivity contribution in [3.05, 3.63) is 29.3 Å². The first-order valence-corrected chi connectivity index (χ1v) is 5.71. The summed E-state index contributed by atoms with van der Waals surface area (Å²) in [5.74, 6) is 0.880. The summed E-state index contributed by atoms with van der Waals surface area (Å²) < 4.78 is 5.77. The standard InChI is InChI=1S/C13H18O3/c1-9-2-3-13-11(4-9)6-12(16-13)5-10(7-14)8-15/h2-4,10,12,14-15H,5-8H2,1H3. The summed E-state index contributed by atoms with van der Waals surface area (Å²) in [6, 6.07) is 6.18. The largest absolute Gasteiger partial charge is 0.490 e. The monoisotopic (exact) mass is 222 g/mol.